The first-order chi connectivity index (χ1) is 23.8. The van der Waals surface area contributed by atoms with Crippen LogP contribution in [0.2, 0.25) is 5.15 Å². The van der Waals surface area contributed by atoms with Gasteiger partial charge in [-0.3, -0.25) is 0 Å². The highest BCUT2D eigenvalue weighted by Gasteiger charge is 2.10. The number of nitrogens with two attached hydrogens (primary N) is 1. The molecule has 4 N–H and O–H groups in total. The Bertz CT molecular complexity index is 1980. The van der Waals surface area contributed by atoms with Crippen LogP contribution in [0.3, 0.4) is 0 Å². The lowest BCUT2D eigenvalue weighted by Gasteiger charge is -2.09. The third-order valence-electron chi connectivity index (χ3n) is 6.95. The van der Waals surface area contributed by atoms with Crippen LogP contribution in [0.4, 0.5) is 5.69 Å². The van der Waals surface area contributed by atoms with Crippen molar-refractivity contribution in [1.82, 2.24) is 19.9 Å². The summed E-state index contributed by atoms with van der Waals surface area (Å²) in [5.74, 6) is 2.62. The number of methoxy groups -OCH3 is 4. The van der Waals surface area contributed by atoms with Gasteiger partial charge >= 0.3 is 0 Å². The number of aromatic nitrogens is 4. The fraction of sp³-hybridized carbons (Fsp3) is 0.135. The van der Waals surface area contributed by atoms with Gasteiger partial charge in [0.1, 0.15) is 29.3 Å². The SMILES string of the molecule is COc1ccc(Cc2cc(-c3ccccc3OC)ncn2)cc1O.COc1ccc(N)cc1O.COc1ccccc1-c1cc(Cl)ncn1. The van der Waals surface area contributed by atoms with Crippen molar-refractivity contribution in [1.29, 1.82) is 0 Å². The Morgan fingerprint density at radius 1 is 0.571 bits per heavy atom. The number of halogens is 1. The van der Waals surface area contributed by atoms with Crippen molar-refractivity contribution in [3.05, 3.63) is 126 Å². The lowest BCUT2D eigenvalue weighted by atomic mass is 10.1. The monoisotopic (exact) mass is 681 g/mol. The van der Waals surface area contributed by atoms with Gasteiger partial charge in [0.15, 0.2) is 23.0 Å². The topological polar surface area (TPSA) is 155 Å². The van der Waals surface area contributed by atoms with E-state index in [-0.39, 0.29) is 11.5 Å². The second-order valence-electron chi connectivity index (χ2n) is 10.1. The largest absolute Gasteiger partial charge is 0.504 e. The van der Waals surface area contributed by atoms with Gasteiger partial charge in [0.25, 0.3) is 0 Å². The average molecular weight is 682 g/mol. The van der Waals surface area contributed by atoms with Crippen LogP contribution in [-0.4, -0.2) is 58.6 Å². The Morgan fingerprint density at radius 3 is 1.61 bits per heavy atom. The fourth-order valence-corrected chi connectivity index (χ4v) is 4.74. The number of hydrogen-bond acceptors (Lipinski definition) is 11. The van der Waals surface area contributed by atoms with Crippen LogP contribution in [-0.2, 0) is 6.42 Å². The molecule has 0 aliphatic rings. The van der Waals surface area contributed by atoms with Gasteiger partial charge in [0.2, 0.25) is 0 Å². The molecule has 4 aromatic carbocycles. The van der Waals surface area contributed by atoms with E-state index in [1.54, 1.807) is 50.9 Å². The third-order valence-corrected chi connectivity index (χ3v) is 7.16. The van der Waals surface area contributed by atoms with E-state index in [1.807, 2.05) is 60.7 Å². The summed E-state index contributed by atoms with van der Waals surface area (Å²) in [7, 11) is 6.28. The summed E-state index contributed by atoms with van der Waals surface area (Å²) >= 11 is 5.80. The third kappa shape index (κ3) is 9.96. The van der Waals surface area contributed by atoms with Crippen molar-refractivity contribution in [3.63, 3.8) is 0 Å². The van der Waals surface area contributed by atoms with Crippen molar-refractivity contribution in [2.75, 3.05) is 34.2 Å². The highest BCUT2D eigenvalue weighted by molar-refractivity contribution is 6.29. The summed E-state index contributed by atoms with van der Waals surface area (Å²) in [5, 5.41) is 19.4. The number of nitrogens with zero attached hydrogens (tertiary/aromatic N) is 4. The maximum atomic E-state index is 9.90. The number of para-hydroxylation sites is 2. The molecule has 0 fully saturated rings. The summed E-state index contributed by atoms with van der Waals surface area (Å²) < 4.78 is 20.5. The van der Waals surface area contributed by atoms with Crippen LogP contribution in [0.25, 0.3) is 22.5 Å². The molecular weight excluding hydrogens is 646 g/mol. The molecule has 49 heavy (non-hydrogen) atoms. The molecule has 0 atom stereocenters. The molecule has 0 bridgehead atoms. The summed E-state index contributed by atoms with van der Waals surface area (Å²) in [5.41, 5.74) is 11.1. The van der Waals surface area contributed by atoms with Crippen LogP contribution in [0.1, 0.15) is 11.3 Å². The highest BCUT2D eigenvalue weighted by atomic mass is 35.5. The molecule has 0 amide bonds. The van der Waals surface area contributed by atoms with Gasteiger partial charge < -0.3 is 34.9 Å². The zero-order valence-corrected chi connectivity index (χ0v) is 28.1. The van der Waals surface area contributed by atoms with Crippen LogP contribution in [0.15, 0.2) is 110 Å². The van der Waals surface area contributed by atoms with Crippen molar-refractivity contribution in [3.8, 4) is 57.0 Å². The van der Waals surface area contributed by atoms with Crippen molar-refractivity contribution in [2.45, 2.75) is 6.42 Å². The van der Waals surface area contributed by atoms with Crippen LogP contribution in [0, 0.1) is 0 Å². The van der Waals surface area contributed by atoms with Crippen LogP contribution in [0.5, 0.6) is 34.5 Å². The second kappa shape index (κ2) is 17.7. The molecule has 0 unspecified atom stereocenters. The Labute approximate surface area is 289 Å². The number of ether oxygens (including phenoxy) is 4. The number of hydrogen-bond donors (Lipinski definition) is 3. The van der Waals surface area contributed by atoms with Gasteiger partial charge in [-0.25, -0.2) is 19.9 Å². The molecule has 2 aromatic heterocycles. The summed E-state index contributed by atoms with van der Waals surface area (Å²) in [6.45, 7) is 0. The van der Waals surface area contributed by atoms with Gasteiger partial charge in [0.05, 0.1) is 39.8 Å². The van der Waals surface area contributed by atoms with Crippen LogP contribution < -0.4 is 24.7 Å². The van der Waals surface area contributed by atoms with Gasteiger partial charge in [-0.1, -0.05) is 41.9 Å². The number of phenols is 2. The lowest BCUT2D eigenvalue weighted by molar-refractivity contribution is 0.373. The molecule has 0 aliphatic heterocycles. The Kier molecular flexibility index (Phi) is 13.0. The average Bonchev–Trinajstić information content (AvgIpc) is 3.12. The van der Waals surface area contributed by atoms with E-state index in [9.17, 15) is 5.11 Å². The zero-order chi connectivity index (χ0) is 35.2. The van der Waals surface area contributed by atoms with Gasteiger partial charge in [-0.15, -0.1) is 0 Å². The predicted molar refractivity (Wildman–Crippen MR) is 190 cm³/mol. The van der Waals surface area contributed by atoms with Crippen molar-refractivity contribution >= 4 is 17.3 Å². The number of rotatable bonds is 8. The number of aromatic hydroxyl groups is 2. The van der Waals surface area contributed by atoms with E-state index in [0.717, 1.165) is 45.3 Å². The molecule has 0 saturated carbocycles. The molecule has 0 radical (unpaired) electrons. The van der Waals surface area contributed by atoms with Gasteiger partial charge in [-0.05, 0) is 60.2 Å². The van der Waals surface area contributed by atoms with E-state index < -0.39 is 0 Å². The number of phenolic OH excluding ortho intramolecular Hbond substituents is 2. The first-order valence-corrected chi connectivity index (χ1v) is 15.2. The molecule has 0 aliphatic carbocycles. The summed E-state index contributed by atoms with van der Waals surface area (Å²) in [6.07, 6.45) is 3.56. The van der Waals surface area contributed by atoms with Crippen LogP contribution >= 0.6 is 11.6 Å². The molecule has 252 valence electrons. The van der Waals surface area contributed by atoms with E-state index >= 15 is 0 Å². The smallest absolute Gasteiger partial charge is 0.160 e. The first-order valence-electron chi connectivity index (χ1n) is 14.8. The molecule has 2 heterocycles. The molecule has 12 heteroatoms. The molecular formula is C37H36ClN5O6. The molecule has 11 nitrogen and oxygen atoms in total. The Hall–Kier alpha value is -6.07. The maximum absolute atomic E-state index is 9.90. The standard InChI is InChI=1S/C19H18N2O3.C11H9ClN2O.C7H9NO2/c1-23-18-6-4-3-5-15(18)16-11-14(20-12-21-16)9-13-7-8-19(24-2)17(22)10-13;1-15-10-5-3-2-4-8(10)9-6-11(12)14-7-13-9;1-10-7-3-2-5(8)4-6(7)9/h3-8,10-12,22H,9H2,1-2H3;2-7H,1H3;2-4,9H,8H2,1H3. The van der Waals surface area contributed by atoms with Crippen molar-refractivity contribution < 1.29 is 29.2 Å². The highest BCUT2D eigenvalue weighted by Crippen LogP contribution is 2.31. The quantitative estimate of drug-likeness (QED) is 0.110. The second-order valence-corrected chi connectivity index (χ2v) is 10.5. The predicted octanol–water partition coefficient (Wildman–Crippen LogP) is 7.25. The molecule has 0 saturated heterocycles. The minimum Gasteiger partial charge on any atom is -0.504 e. The number of benzene rings is 4. The Balaban J connectivity index is 0.000000184. The van der Waals surface area contributed by atoms with E-state index in [2.05, 4.69) is 19.9 Å². The van der Waals surface area contributed by atoms with E-state index in [1.165, 1.54) is 26.6 Å². The number of nitrogen functional groups attached to an aromatic ring is 1. The Morgan fingerprint density at radius 2 is 1.08 bits per heavy atom. The summed E-state index contributed by atoms with van der Waals surface area (Å²) in [4.78, 5) is 16.6. The maximum Gasteiger partial charge on any atom is 0.160 e. The molecule has 0 spiro atoms. The minimum absolute atomic E-state index is 0.0718. The molecule has 6 rings (SSSR count). The van der Waals surface area contributed by atoms with E-state index in [4.69, 9.17) is 41.4 Å². The minimum atomic E-state index is 0.0718. The number of anilines is 1. The molecule has 6 aromatic rings. The van der Waals surface area contributed by atoms with Gasteiger partial charge in [0, 0.05) is 41.1 Å². The normalized spacial score (nSPS) is 10.1. The first kappa shape index (κ1) is 35.8. The lowest BCUT2D eigenvalue weighted by Crippen LogP contribution is -1.96. The fourth-order valence-electron chi connectivity index (χ4n) is 4.60. The van der Waals surface area contributed by atoms with E-state index in [0.29, 0.717) is 28.8 Å². The van der Waals surface area contributed by atoms with Gasteiger partial charge in [-0.2, -0.15) is 0 Å². The van der Waals surface area contributed by atoms with Crippen molar-refractivity contribution in [2.24, 2.45) is 0 Å². The zero-order valence-electron chi connectivity index (χ0n) is 27.4. The summed E-state index contributed by atoms with van der Waals surface area (Å²) in [6, 6.07) is 29.1.